The molecule has 0 aliphatic carbocycles. The van der Waals surface area contributed by atoms with Crippen molar-refractivity contribution in [2.75, 3.05) is 31.5 Å². The second kappa shape index (κ2) is 14.0. The van der Waals surface area contributed by atoms with Crippen LogP contribution in [0.3, 0.4) is 0 Å². The Kier molecular flexibility index (Phi) is 10.2. The van der Waals surface area contributed by atoms with Crippen molar-refractivity contribution >= 4 is 17.7 Å². The molecule has 40 heavy (non-hydrogen) atoms. The minimum atomic E-state index is -0.644. The van der Waals surface area contributed by atoms with Crippen LogP contribution in [0, 0.1) is 11.6 Å². The number of ether oxygens (including phenoxy) is 1. The molecule has 0 bridgehead atoms. The fourth-order valence-electron chi connectivity index (χ4n) is 5.14. The first kappa shape index (κ1) is 29.2. The van der Waals surface area contributed by atoms with Gasteiger partial charge in [-0.05, 0) is 112 Å². The zero-order valence-corrected chi connectivity index (χ0v) is 23.0. The minimum absolute atomic E-state index is 0.174. The maximum atomic E-state index is 13.5. The Bertz CT molecular complexity index is 1210. The number of likely N-dealkylation sites (tertiary alicyclic amines) is 1. The number of carbonyl (C=O) groups is 2. The molecule has 3 aromatic rings. The molecule has 2 N–H and O–H groups in total. The van der Waals surface area contributed by atoms with Gasteiger partial charge in [-0.25, -0.2) is 13.6 Å². The molecule has 2 amide bonds. The summed E-state index contributed by atoms with van der Waals surface area (Å²) in [5.74, 6) is -1.16. The topological polar surface area (TPSA) is 70.7 Å². The molecule has 1 heterocycles. The molecule has 0 atom stereocenters. The summed E-state index contributed by atoms with van der Waals surface area (Å²) in [4.78, 5) is 27.5. The minimum Gasteiger partial charge on any atom is -0.447 e. The molecule has 0 saturated carbocycles. The number of benzene rings is 3. The van der Waals surface area contributed by atoms with Crippen LogP contribution in [-0.4, -0.2) is 49.2 Å². The number of hydrogen-bond acceptors (Lipinski definition) is 4. The van der Waals surface area contributed by atoms with Gasteiger partial charge in [0, 0.05) is 12.2 Å². The predicted octanol–water partition coefficient (Wildman–Crippen LogP) is 6.44. The Balaban J connectivity index is 1.24. The summed E-state index contributed by atoms with van der Waals surface area (Å²) < 4.78 is 32.1. The van der Waals surface area contributed by atoms with Gasteiger partial charge in [-0.3, -0.25) is 10.1 Å². The highest BCUT2D eigenvalue weighted by atomic mass is 19.1. The van der Waals surface area contributed by atoms with E-state index in [9.17, 15) is 18.4 Å². The molecule has 0 unspecified atom stereocenters. The van der Waals surface area contributed by atoms with Crippen LogP contribution in [0.15, 0.2) is 72.8 Å². The van der Waals surface area contributed by atoms with Crippen LogP contribution in [-0.2, 0) is 9.53 Å². The number of rotatable bonds is 10. The SMILES string of the molecule is CC(C)OC(=O)Nc1cccc(C2CCN(CCCNC(=O)C(c3ccc(F)cc3)c3ccc(F)cc3)CC2)c1. The van der Waals surface area contributed by atoms with E-state index in [0.29, 0.717) is 23.6 Å². The van der Waals surface area contributed by atoms with Gasteiger partial charge in [-0.15, -0.1) is 0 Å². The van der Waals surface area contributed by atoms with Crippen LogP contribution in [0.2, 0.25) is 0 Å². The van der Waals surface area contributed by atoms with E-state index in [1.165, 1.54) is 29.8 Å². The number of anilines is 1. The van der Waals surface area contributed by atoms with Gasteiger partial charge in [-0.2, -0.15) is 0 Å². The fourth-order valence-corrected chi connectivity index (χ4v) is 5.14. The van der Waals surface area contributed by atoms with E-state index < -0.39 is 12.0 Å². The van der Waals surface area contributed by atoms with Crippen molar-refractivity contribution < 1.29 is 23.1 Å². The van der Waals surface area contributed by atoms with Crippen LogP contribution in [0.5, 0.6) is 0 Å². The zero-order valence-electron chi connectivity index (χ0n) is 23.0. The molecule has 6 nitrogen and oxygen atoms in total. The first-order chi connectivity index (χ1) is 19.3. The third-order valence-electron chi connectivity index (χ3n) is 7.15. The third kappa shape index (κ3) is 8.36. The summed E-state index contributed by atoms with van der Waals surface area (Å²) >= 11 is 0. The van der Waals surface area contributed by atoms with Crippen molar-refractivity contribution in [3.63, 3.8) is 0 Å². The Morgan fingerprint density at radius 1 is 0.925 bits per heavy atom. The lowest BCUT2D eigenvalue weighted by Gasteiger charge is -2.32. The fraction of sp³-hybridized carbons (Fsp3) is 0.375. The van der Waals surface area contributed by atoms with E-state index in [0.717, 1.165) is 44.6 Å². The van der Waals surface area contributed by atoms with Crippen molar-refractivity contribution in [2.45, 2.75) is 51.0 Å². The van der Waals surface area contributed by atoms with E-state index in [4.69, 9.17) is 4.74 Å². The first-order valence-corrected chi connectivity index (χ1v) is 13.9. The van der Waals surface area contributed by atoms with E-state index >= 15 is 0 Å². The smallest absolute Gasteiger partial charge is 0.411 e. The highest BCUT2D eigenvalue weighted by molar-refractivity contribution is 5.87. The molecule has 1 aliphatic rings. The Morgan fingerprint density at radius 2 is 1.52 bits per heavy atom. The average molecular weight is 550 g/mol. The van der Waals surface area contributed by atoms with Gasteiger partial charge in [0.2, 0.25) is 5.91 Å². The molecule has 1 aliphatic heterocycles. The first-order valence-electron chi connectivity index (χ1n) is 13.9. The van der Waals surface area contributed by atoms with Crippen LogP contribution < -0.4 is 10.6 Å². The number of amides is 2. The predicted molar refractivity (Wildman–Crippen MR) is 152 cm³/mol. The lowest BCUT2D eigenvalue weighted by Crippen LogP contribution is -2.36. The summed E-state index contributed by atoms with van der Waals surface area (Å²) in [5, 5.41) is 5.82. The van der Waals surface area contributed by atoms with Crippen molar-refractivity contribution in [3.8, 4) is 0 Å². The molecule has 0 spiro atoms. The molecule has 0 aromatic heterocycles. The van der Waals surface area contributed by atoms with Crippen LogP contribution >= 0.6 is 0 Å². The van der Waals surface area contributed by atoms with Crippen molar-refractivity contribution in [1.29, 1.82) is 0 Å². The average Bonchev–Trinajstić information content (AvgIpc) is 2.93. The number of piperidine rings is 1. The molecule has 0 radical (unpaired) electrons. The van der Waals surface area contributed by atoms with Gasteiger partial charge in [0.15, 0.2) is 0 Å². The lowest BCUT2D eigenvalue weighted by atomic mass is 9.89. The second-order valence-corrected chi connectivity index (χ2v) is 10.5. The van der Waals surface area contributed by atoms with Crippen molar-refractivity contribution in [2.24, 2.45) is 0 Å². The molecule has 1 fully saturated rings. The molecular weight excluding hydrogens is 512 g/mol. The third-order valence-corrected chi connectivity index (χ3v) is 7.15. The normalized spacial score (nSPS) is 14.3. The largest absolute Gasteiger partial charge is 0.447 e. The van der Waals surface area contributed by atoms with Gasteiger partial charge >= 0.3 is 6.09 Å². The molecule has 8 heteroatoms. The standard InChI is InChI=1S/C32H37F2N3O3/c1-22(2)40-32(39)36-29-6-3-5-26(21-29)23-15-19-37(20-16-23)18-4-17-35-31(38)30(24-7-11-27(33)12-8-24)25-9-13-28(34)14-10-25/h3,5-14,21-23,30H,4,15-20H2,1-2H3,(H,35,38)(H,36,39). The zero-order chi connectivity index (χ0) is 28.5. The lowest BCUT2D eigenvalue weighted by molar-refractivity contribution is -0.121. The monoisotopic (exact) mass is 549 g/mol. The summed E-state index contributed by atoms with van der Waals surface area (Å²) in [5.41, 5.74) is 3.26. The summed E-state index contributed by atoms with van der Waals surface area (Å²) in [6, 6.07) is 19.6. The molecule has 3 aromatic carbocycles. The van der Waals surface area contributed by atoms with Crippen molar-refractivity contribution in [1.82, 2.24) is 10.2 Å². The van der Waals surface area contributed by atoms with Gasteiger partial charge in [-0.1, -0.05) is 36.4 Å². The van der Waals surface area contributed by atoms with Gasteiger partial charge in [0.25, 0.3) is 0 Å². The van der Waals surface area contributed by atoms with Crippen LogP contribution in [0.4, 0.5) is 19.3 Å². The number of carbonyl (C=O) groups excluding carboxylic acids is 2. The number of nitrogens with one attached hydrogen (secondary N) is 2. The molecule has 4 rings (SSSR count). The Morgan fingerprint density at radius 3 is 2.10 bits per heavy atom. The van der Waals surface area contributed by atoms with Gasteiger partial charge < -0.3 is 15.0 Å². The van der Waals surface area contributed by atoms with Gasteiger partial charge in [0.05, 0.1) is 12.0 Å². The maximum Gasteiger partial charge on any atom is 0.411 e. The highest BCUT2D eigenvalue weighted by Gasteiger charge is 2.24. The van der Waals surface area contributed by atoms with Crippen LogP contribution in [0.1, 0.15) is 61.6 Å². The quantitative estimate of drug-likeness (QED) is 0.286. The van der Waals surface area contributed by atoms with E-state index in [-0.39, 0.29) is 23.6 Å². The summed E-state index contributed by atoms with van der Waals surface area (Å²) in [6.45, 7) is 6.93. The van der Waals surface area contributed by atoms with Gasteiger partial charge in [0.1, 0.15) is 11.6 Å². The maximum absolute atomic E-state index is 13.5. The molecular formula is C32H37F2N3O3. The van der Waals surface area contributed by atoms with E-state index in [1.54, 1.807) is 24.3 Å². The Hall–Kier alpha value is -3.78. The number of halogens is 2. The summed E-state index contributed by atoms with van der Waals surface area (Å²) in [6.07, 6.45) is 2.21. The van der Waals surface area contributed by atoms with E-state index in [2.05, 4.69) is 21.6 Å². The Labute approximate surface area is 234 Å². The highest BCUT2D eigenvalue weighted by Crippen LogP contribution is 2.30. The number of nitrogens with zero attached hydrogens (tertiary/aromatic N) is 1. The molecule has 1 saturated heterocycles. The summed E-state index contributed by atoms with van der Waals surface area (Å²) in [7, 11) is 0. The van der Waals surface area contributed by atoms with E-state index in [1.807, 2.05) is 32.0 Å². The van der Waals surface area contributed by atoms with Crippen molar-refractivity contribution in [3.05, 3.63) is 101 Å². The second-order valence-electron chi connectivity index (χ2n) is 10.5. The van der Waals surface area contributed by atoms with Crippen LogP contribution in [0.25, 0.3) is 0 Å². The molecule has 212 valence electrons. The number of hydrogen-bond donors (Lipinski definition) is 2.